The van der Waals surface area contributed by atoms with Crippen molar-refractivity contribution in [3.05, 3.63) is 18.3 Å². The van der Waals surface area contributed by atoms with Gasteiger partial charge in [-0.2, -0.15) is 0 Å². The smallest absolute Gasteiger partial charge is 0.120 e. The van der Waals surface area contributed by atoms with E-state index >= 15 is 0 Å². The first kappa shape index (κ1) is 10.1. The predicted octanol–water partition coefficient (Wildman–Crippen LogP) is 2.10. The van der Waals surface area contributed by atoms with Crippen LogP contribution in [0.1, 0.15) is 20.8 Å². The molecule has 1 heterocycles. The quantitative estimate of drug-likeness (QED) is 0.703. The highest BCUT2D eigenvalue weighted by molar-refractivity contribution is 5.36. The van der Waals surface area contributed by atoms with Gasteiger partial charge in [-0.15, -0.1) is 0 Å². The highest BCUT2D eigenvalue weighted by atomic mass is 15.6. The lowest BCUT2D eigenvalue weighted by atomic mass is 10.5. The SMILES string of the molecule is CCN(CC)N(CC)c1ccc[nH]1. The van der Waals surface area contributed by atoms with E-state index in [1.54, 1.807) is 0 Å². The van der Waals surface area contributed by atoms with Crippen LogP contribution in [0, 0.1) is 0 Å². The third-order valence-corrected chi connectivity index (χ3v) is 2.23. The minimum absolute atomic E-state index is 1.00. The molecule has 0 atom stereocenters. The Labute approximate surface area is 80.3 Å². The molecule has 0 aromatic carbocycles. The third-order valence-electron chi connectivity index (χ3n) is 2.23. The molecule has 0 bridgehead atoms. The number of rotatable bonds is 5. The highest BCUT2D eigenvalue weighted by Crippen LogP contribution is 2.12. The minimum atomic E-state index is 1.00. The molecule has 0 spiro atoms. The Balaban J connectivity index is 2.72. The molecule has 74 valence electrons. The van der Waals surface area contributed by atoms with Crippen LogP contribution >= 0.6 is 0 Å². The second-order valence-electron chi connectivity index (χ2n) is 2.91. The molecule has 0 unspecified atom stereocenters. The summed E-state index contributed by atoms with van der Waals surface area (Å²) in [7, 11) is 0. The van der Waals surface area contributed by atoms with Crippen LogP contribution in [0.25, 0.3) is 0 Å². The predicted molar refractivity (Wildman–Crippen MR) is 56.7 cm³/mol. The molecule has 1 aromatic rings. The Kier molecular flexibility index (Phi) is 3.83. The first-order chi connectivity index (χ1) is 6.33. The molecule has 0 radical (unpaired) electrons. The maximum atomic E-state index is 3.22. The van der Waals surface area contributed by atoms with Crippen molar-refractivity contribution in [3.63, 3.8) is 0 Å². The van der Waals surface area contributed by atoms with Crippen LogP contribution in [-0.2, 0) is 0 Å². The molecule has 1 rings (SSSR count). The Hall–Kier alpha value is -0.960. The highest BCUT2D eigenvalue weighted by Gasteiger charge is 2.10. The standard InChI is InChI=1S/C10H19N3/c1-4-12(5-2)13(6-3)10-8-7-9-11-10/h7-9,11H,4-6H2,1-3H3. The lowest BCUT2D eigenvalue weighted by Crippen LogP contribution is -2.42. The number of aromatic nitrogens is 1. The van der Waals surface area contributed by atoms with Crippen molar-refractivity contribution in [1.29, 1.82) is 0 Å². The largest absolute Gasteiger partial charge is 0.347 e. The minimum Gasteiger partial charge on any atom is -0.347 e. The van der Waals surface area contributed by atoms with Gasteiger partial charge in [0, 0.05) is 25.8 Å². The zero-order chi connectivity index (χ0) is 9.68. The van der Waals surface area contributed by atoms with Crippen molar-refractivity contribution >= 4 is 5.82 Å². The molecule has 0 saturated carbocycles. The summed E-state index contributed by atoms with van der Waals surface area (Å²) in [5.41, 5.74) is 0. The summed E-state index contributed by atoms with van der Waals surface area (Å²) in [5.74, 6) is 1.17. The van der Waals surface area contributed by atoms with E-state index in [0.717, 1.165) is 19.6 Å². The van der Waals surface area contributed by atoms with Crippen molar-refractivity contribution < 1.29 is 0 Å². The van der Waals surface area contributed by atoms with Gasteiger partial charge < -0.3 is 4.98 Å². The van der Waals surface area contributed by atoms with Crippen molar-refractivity contribution in [2.45, 2.75) is 20.8 Å². The maximum Gasteiger partial charge on any atom is 0.120 e. The fourth-order valence-electron chi connectivity index (χ4n) is 1.57. The van der Waals surface area contributed by atoms with Gasteiger partial charge in [-0.1, -0.05) is 13.8 Å². The van der Waals surface area contributed by atoms with Crippen LogP contribution in [0.5, 0.6) is 0 Å². The molecule has 0 aliphatic carbocycles. The molecule has 0 fully saturated rings. The van der Waals surface area contributed by atoms with E-state index in [1.165, 1.54) is 5.82 Å². The maximum absolute atomic E-state index is 3.22. The zero-order valence-corrected chi connectivity index (χ0v) is 8.75. The molecular weight excluding hydrogens is 162 g/mol. The van der Waals surface area contributed by atoms with Crippen LogP contribution in [0.2, 0.25) is 0 Å². The van der Waals surface area contributed by atoms with Crippen molar-refractivity contribution in [2.24, 2.45) is 0 Å². The number of H-pyrrole nitrogens is 1. The fraction of sp³-hybridized carbons (Fsp3) is 0.600. The first-order valence-electron chi connectivity index (χ1n) is 4.99. The van der Waals surface area contributed by atoms with Gasteiger partial charge >= 0.3 is 0 Å². The summed E-state index contributed by atoms with van der Waals surface area (Å²) < 4.78 is 0. The van der Waals surface area contributed by atoms with E-state index < -0.39 is 0 Å². The Morgan fingerprint density at radius 2 is 1.85 bits per heavy atom. The van der Waals surface area contributed by atoms with Gasteiger partial charge in [0.05, 0.1) is 0 Å². The Morgan fingerprint density at radius 3 is 2.23 bits per heavy atom. The number of anilines is 1. The van der Waals surface area contributed by atoms with Gasteiger partial charge in [-0.3, -0.25) is 5.01 Å². The number of nitrogens with zero attached hydrogens (tertiary/aromatic N) is 2. The van der Waals surface area contributed by atoms with Crippen molar-refractivity contribution in [2.75, 3.05) is 24.6 Å². The summed E-state index contributed by atoms with van der Waals surface area (Å²) in [5, 5.41) is 4.58. The van der Waals surface area contributed by atoms with E-state index in [-0.39, 0.29) is 0 Å². The molecule has 0 aliphatic rings. The fourth-order valence-corrected chi connectivity index (χ4v) is 1.57. The molecule has 0 aliphatic heterocycles. The van der Waals surface area contributed by atoms with Crippen LogP contribution in [0.4, 0.5) is 5.82 Å². The number of hydrogen-bond acceptors (Lipinski definition) is 2. The second kappa shape index (κ2) is 4.92. The monoisotopic (exact) mass is 181 g/mol. The van der Waals surface area contributed by atoms with Gasteiger partial charge in [-0.25, -0.2) is 5.01 Å². The summed E-state index contributed by atoms with van der Waals surface area (Å²) in [6, 6.07) is 4.13. The van der Waals surface area contributed by atoms with E-state index in [4.69, 9.17) is 0 Å². The average Bonchev–Trinajstić information content (AvgIpc) is 2.66. The number of aromatic amines is 1. The third kappa shape index (κ3) is 2.25. The van der Waals surface area contributed by atoms with Gasteiger partial charge in [0.2, 0.25) is 0 Å². The molecule has 1 aromatic heterocycles. The summed E-state index contributed by atoms with van der Waals surface area (Å²) in [4.78, 5) is 3.22. The second-order valence-corrected chi connectivity index (χ2v) is 2.91. The molecule has 3 nitrogen and oxygen atoms in total. The normalized spacial score (nSPS) is 10.8. The average molecular weight is 181 g/mol. The number of hydrogen-bond donors (Lipinski definition) is 1. The molecular formula is C10H19N3. The van der Waals surface area contributed by atoms with Gasteiger partial charge in [-0.05, 0) is 19.1 Å². The summed E-state index contributed by atoms with van der Waals surface area (Å²) >= 11 is 0. The van der Waals surface area contributed by atoms with Crippen LogP contribution in [0.3, 0.4) is 0 Å². The summed E-state index contributed by atoms with van der Waals surface area (Å²) in [6.07, 6.45) is 1.96. The van der Waals surface area contributed by atoms with E-state index in [0.29, 0.717) is 0 Å². The van der Waals surface area contributed by atoms with Crippen LogP contribution in [-0.4, -0.2) is 29.6 Å². The topological polar surface area (TPSA) is 22.3 Å². The van der Waals surface area contributed by atoms with Gasteiger partial charge in [0.25, 0.3) is 0 Å². The van der Waals surface area contributed by atoms with E-state index in [1.807, 2.05) is 12.3 Å². The summed E-state index contributed by atoms with van der Waals surface area (Å²) in [6.45, 7) is 9.61. The number of hydrazine groups is 1. The van der Waals surface area contributed by atoms with E-state index in [9.17, 15) is 0 Å². The van der Waals surface area contributed by atoms with E-state index in [2.05, 4.69) is 41.8 Å². The van der Waals surface area contributed by atoms with Gasteiger partial charge in [0.15, 0.2) is 0 Å². The molecule has 0 amide bonds. The van der Waals surface area contributed by atoms with Crippen LogP contribution < -0.4 is 5.01 Å². The van der Waals surface area contributed by atoms with Crippen molar-refractivity contribution in [3.8, 4) is 0 Å². The molecule has 1 N–H and O–H groups in total. The lowest BCUT2D eigenvalue weighted by Gasteiger charge is -2.33. The van der Waals surface area contributed by atoms with Crippen LogP contribution in [0.15, 0.2) is 18.3 Å². The zero-order valence-electron chi connectivity index (χ0n) is 8.75. The lowest BCUT2D eigenvalue weighted by molar-refractivity contribution is 0.277. The molecule has 3 heteroatoms. The Bertz CT molecular complexity index is 214. The molecule has 0 saturated heterocycles. The first-order valence-corrected chi connectivity index (χ1v) is 4.99. The number of nitrogens with one attached hydrogen (secondary N) is 1. The molecule has 13 heavy (non-hydrogen) atoms. The van der Waals surface area contributed by atoms with Crippen molar-refractivity contribution in [1.82, 2.24) is 9.99 Å². The Morgan fingerprint density at radius 1 is 1.15 bits per heavy atom. The van der Waals surface area contributed by atoms with Gasteiger partial charge in [0.1, 0.15) is 5.82 Å².